The number of hydrogen-bond acceptors (Lipinski definition) is 4. The Kier molecular flexibility index (Phi) is 14.1. The van der Waals surface area contributed by atoms with Crippen LogP contribution in [0, 0.1) is 5.92 Å². The molecule has 4 rings (SSSR count). The molecule has 2 heterocycles. The fourth-order valence-electron chi connectivity index (χ4n) is 6.49. The van der Waals surface area contributed by atoms with E-state index in [1.807, 2.05) is 12.4 Å². The highest BCUT2D eigenvalue weighted by Gasteiger charge is 2.34. The topological polar surface area (TPSA) is 52.9 Å². The quantitative estimate of drug-likeness (QED) is 0.190. The molecule has 4 heteroatoms. The Morgan fingerprint density at radius 3 is 2.56 bits per heavy atom. The van der Waals surface area contributed by atoms with E-state index in [1.165, 1.54) is 53.7 Å². The number of unbranched alkanes of at least 4 members (excludes halogenated alkanes) is 1. The molecule has 1 aliphatic carbocycles. The summed E-state index contributed by atoms with van der Waals surface area (Å²) in [5, 5.41) is 9.65. The largest absolute Gasteiger partial charge is 0.393 e. The molecule has 1 aromatic carbocycles. The van der Waals surface area contributed by atoms with Crippen molar-refractivity contribution in [2.75, 3.05) is 13.1 Å². The number of aliphatic imine (C=N–C) groups is 1. The van der Waals surface area contributed by atoms with Crippen molar-refractivity contribution < 1.29 is 9.90 Å². The first-order chi connectivity index (χ1) is 22.0. The van der Waals surface area contributed by atoms with Crippen molar-refractivity contribution in [3.05, 3.63) is 107 Å². The van der Waals surface area contributed by atoms with Gasteiger partial charge in [-0.1, -0.05) is 93.0 Å². The summed E-state index contributed by atoms with van der Waals surface area (Å²) in [4.78, 5) is 19.8. The number of carbonyl (C=O) groups is 1. The summed E-state index contributed by atoms with van der Waals surface area (Å²) in [6.07, 6.45) is 33.2. The van der Waals surface area contributed by atoms with E-state index in [-0.39, 0.29) is 17.8 Å². The number of allylic oxidation sites excluding steroid dienone is 10. The van der Waals surface area contributed by atoms with Gasteiger partial charge in [-0.15, -0.1) is 0 Å². The van der Waals surface area contributed by atoms with Crippen molar-refractivity contribution in [3.8, 4) is 0 Å². The second kappa shape index (κ2) is 18.5. The number of Topliss-reactive ketones (excluding diaryl/α,β-unsaturated/α-hetero) is 1. The van der Waals surface area contributed by atoms with Crippen LogP contribution in [-0.2, 0) is 4.79 Å². The zero-order valence-electron chi connectivity index (χ0n) is 27.9. The van der Waals surface area contributed by atoms with Crippen molar-refractivity contribution in [2.24, 2.45) is 10.9 Å². The predicted octanol–water partition coefficient (Wildman–Crippen LogP) is 9.96. The first kappa shape index (κ1) is 34.4. The monoisotopic (exact) mass is 606 g/mol. The van der Waals surface area contributed by atoms with E-state index < -0.39 is 0 Å². The molecule has 0 unspecified atom stereocenters. The van der Waals surface area contributed by atoms with Crippen molar-refractivity contribution in [3.63, 3.8) is 0 Å². The van der Waals surface area contributed by atoms with Crippen LogP contribution < -0.4 is 0 Å². The highest BCUT2D eigenvalue weighted by Crippen LogP contribution is 2.32. The van der Waals surface area contributed by atoms with Crippen LogP contribution >= 0.6 is 0 Å². The van der Waals surface area contributed by atoms with Gasteiger partial charge in [0.2, 0.25) is 0 Å². The summed E-state index contributed by atoms with van der Waals surface area (Å²) in [5.41, 5.74) is 8.64. The zero-order chi connectivity index (χ0) is 31.9. The molecule has 1 saturated carbocycles. The molecule has 45 heavy (non-hydrogen) atoms. The molecule has 1 fully saturated rings. The number of ketones is 1. The average Bonchev–Trinajstić information content (AvgIpc) is 3.04. The van der Waals surface area contributed by atoms with Gasteiger partial charge in [0, 0.05) is 37.1 Å². The van der Waals surface area contributed by atoms with E-state index in [9.17, 15) is 9.90 Å². The average molecular weight is 607 g/mol. The normalized spacial score (nSPS) is 27.1. The molecular weight excluding hydrogens is 552 g/mol. The molecule has 1 N–H and O–H groups in total. The third-order valence-electron chi connectivity index (χ3n) is 9.03. The van der Waals surface area contributed by atoms with Crippen molar-refractivity contribution in [1.29, 1.82) is 0 Å². The Balaban J connectivity index is 1.43. The van der Waals surface area contributed by atoms with Crippen LogP contribution in [0.4, 0.5) is 0 Å². The summed E-state index contributed by atoms with van der Waals surface area (Å²) in [6, 6.07) is 8.92. The van der Waals surface area contributed by atoms with Crippen LogP contribution in [0.3, 0.4) is 0 Å². The molecule has 1 aromatic rings. The van der Waals surface area contributed by atoms with Crippen molar-refractivity contribution in [2.45, 2.75) is 104 Å². The molecule has 0 saturated heterocycles. The summed E-state index contributed by atoms with van der Waals surface area (Å²) in [6.45, 7) is 8.48. The SMILES string of the molecule is CCCC(=CCC/C=C/c1ccc(C2=C/C/C=C/N=C\C=C(N3CC/C=C(\C(=O)[C@H]4C[C@@H](O)C4)CCC3)\C(C)=C\2)cc1)CCC. The maximum absolute atomic E-state index is 12.9. The van der Waals surface area contributed by atoms with Crippen LogP contribution in [0.25, 0.3) is 11.6 Å². The van der Waals surface area contributed by atoms with Gasteiger partial charge in [0.05, 0.1) is 6.10 Å². The fraction of sp³-hybridized carbons (Fsp3) is 0.463. The first-order valence-electron chi connectivity index (χ1n) is 17.4. The van der Waals surface area contributed by atoms with Gasteiger partial charge >= 0.3 is 0 Å². The van der Waals surface area contributed by atoms with Gasteiger partial charge in [-0.2, -0.15) is 0 Å². The highest BCUT2D eigenvalue weighted by atomic mass is 16.3. The van der Waals surface area contributed by atoms with Gasteiger partial charge in [-0.3, -0.25) is 9.79 Å². The number of benzene rings is 1. The number of nitrogens with zero attached hydrogens (tertiary/aromatic N) is 2. The van der Waals surface area contributed by atoms with E-state index in [0.29, 0.717) is 12.8 Å². The van der Waals surface area contributed by atoms with Crippen molar-refractivity contribution in [1.82, 2.24) is 4.90 Å². The molecule has 2 aliphatic heterocycles. The standard InChI is InChI=1S/C41H54N2O2/c1-4-13-33(14-5-2)15-7-6-8-16-34-20-22-35(23-21-34)37-17-9-10-25-42-26-24-40(32(3)29-37)43-27-11-18-36(19-12-28-43)41(45)38-30-39(44)31-38/h8,10,15-18,20-26,29,38-39,44H,4-7,9,11-14,19,27-28,30-31H2,1-3H3/b16-8+,25-10+,32-29+,36-18-,37-17+,40-24-,42-26-/t38-,39+. The first-order valence-corrected chi connectivity index (χ1v) is 17.4. The fourth-order valence-corrected chi connectivity index (χ4v) is 6.49. The lowest BCUT2D eigenvalue weighted by atomic mass is 9.76. The highest BCUT2D eigenvalue weighted by molar-refractivity contribution is 5.97. The molecular formula is C41H54N2O2. The minimum Gasteiger partial charge on any atom is -0.393 e. The molecule has 3 aliphatic rings. The van der Waals surface area contributed by atoms with Crippen LogP contribution in [0.1, 0.15) is 109 Å². The number of rotatable bonds is 12. The molecule has 0 radical (unpaired) electrons. The summed E-state index contributed by atoms with van der Waals surface area (Å²) >= 11 is 0. The molecule has 4 nitrogen and oxygen atoms in total. The lowest BCUT2D eigenvalue weighted by molar-refractivity contribution is -0.125. The third kappa shape index (κ3) is 10.8. The molecule has 0 spiro atoms. The van der Waals surface area contributed by atoms with E-state index in [0.717, 1.165) is 57.2 Å². The Morgan fingerprint density at radius 1 is 1.04 bits per heavy atom. The molecule has 0 bridgehead atoms. The smallest absolute Gasteiger partial charge is 0.161 e. The maximum Gasteiger partial charge on any atom is 0.161 e. The lowest BCUT2D eigenvalue weighted by Crippen LogP contribution is -2.35. The minimum absolute atomic E-state index is 0.0213. The van der Waals surface area contributed by atoms with Crippen molar-refractivity contribution >= 4 is 23.6 Å². The summed E-state index contributed by atoms with van der Waals surface area (Å²) < 4.78 is 0. The van der Waals surface area contributed by atoms with Crippen LogP contribution in [-0.4, -0.2) is 41.2 Å². The Bertz CT molecular complexity index is 1350. The summed E-state index contributed by atoms with van der Waals surface area (Å²) in [5.74, 6) is 0.280. The second-order valence-corrected chi connectivity index (χ2v) is 12.7. The number of aliphatic hydroxyl groups is 1. The Labute approximate surface area is 272 Å². The van der Waals surface area contributed by atoms with E-state index in [4.69, 9.17) is 0 Å². The van der Waals surface area contributed by atoms with Gasteiger partial charge in [0.1, 0.15) is 0 Å². The van der Waals surface area contributed by atoms with E-state index >= 15 is 0 Å². The molecule has 240 valence electrons. The van der Waals surface area contributed by atoms with Gasteiger partial charge in [-0.05, 0) is 111 Å². The third-order valence-corrected chi connectivity index (χ3v) is 9.03. The van der Waals surface area contributed by atoms with Gasteiger partial charge in [0.15, 0.2) is 5.78 Å². The number of aliphatic hydroxyl groups excluding tert-OH is 1. The van der Waals surface area contributed by atoms with Gasteiger partial charge in [0.25, 0.3) is 0 Å². The Hall–Kier alpha value is -3.50. The van der Waals surface area contributed by atoms with Crippen LogP contribution in [0.15, 0.2) is 100 Å². The lowest BCUT2D eigenvalue weighted by Gasteiger charge is -2.32. The Morgan fingerprint density at radius 2 is 1.82 bits per heavy atom. The number of hydrogen-bond donors (Lipinski definition) is 1. The minimum atomic E-state index is -0.292. The predicted molar refractivity (Wildman–Crippen MR) is 192 cm³/mol. The van der Waals surface area contributed by atoms with Crippen LogP contribution in [0.5, 0.6) is 0 Å². The maximum atomic E-state index is 12.9. The molecule has 0 amide bonds. The van der Waals surface area contributed by atoms with E-state index in [2.05, 4.69) is 104 Å². The zero-order valence-corrected chi connectivity index (χ0v) is 27.9. The van der Waals surface area contributed by atoms with Gasteiger partial charge in [-0.25, -0.2) is 0 Å². The molecule has 0 aromatic heterocycles. The van der Waals surface area contributed by atoms with E-state index in [1.54, 1.807) is 5.57 Å². The van der Waals surface area contributed by atoms with Gasteiger partial charge < -0.3 is 10.0 Å². The molecule has 0 atom stereocenters. The second-order valence-electron chi connectivity index (χ2n) is 12.7. The number of carbonyl (C=O) groups excluding carboxylic acids is 1. The summed E-state index contributed by atoms with van der Waals surface area (Å²) in [7, 11) is 0. The van der Waals surface area contributed by atoms with Crippen LogP contribution in [0.2, 0.25) is 0 Å².